The van der Waals surface area contributed by atoms with E-state index < -0.39 is 24.3 Å². The van der Waals surface area contributed by atoms with Gasteiger partial charge in [0.2, 0.25) is 0 Å². The summed E-state index contributed by atoms with van der Waals surface area (Å²) in [5.74, 6) is -2.28. The first kappa shape index (κ1) is 22.1. The molecule has 2 bridgehead atoms. The fraction of sp³-hybridized carbons (Fsp3) is 0.360. The van der Waals surface area contributed by atoms with Crippen LogP contribution in [0.3, 0.4) is 0 Å². The predicted molar refractivity (Wildman–Crippen MR) is 123 cm³/mol. The van der Waals surface area contributed by atoms with E-state index in [1.165, 1.54) is 18.2 Å². The van der Waals surface area contributed by atoms with Gasteiger partial charge in [-0.1, -0.05) is 53.0 Å². The summed E-state index contributed by atoms with van der Waals surface area (Å²) in [5.41, 5.74) is 1.53. The van der Waals surface area contributed by atoms with Crippen LogP contribution in [0.1, 0.15) is 45.5 Å². The molecule has 3 fully saturated rings. The van der Waals surface area contributed by atoms with Gasteiger partial charge < -0.3 is 0 Å². The zero-order valence-electron chi connectivity index (χ0n) is 18.0. The molecule has 0 aromatic heterocycles. The fourth-order valence-electron chi connectivity index (χ4n) is 5.61. The van der Waals surface area contributed by atoms with Crippen molar-refractivity contribution in [3.63, 3.8) is 0 Å². The van der Waals surface area contributed by atoms with Crippen LogP contribution in [0.15, 0.2) is 42.5 Å². The van der Waals surface area contributed by atoms with Crippen molar-refractivity contribution >= 4 is 46.7 Å². The first-order valence-corrected chi connectivity index (χ1v) is 11.8. The van der Waals surface area contributed by atoms with Crippen molar-refractivity contribution in [2.24, 2.45) is 23.7 Å². The molecule has 3 amide bonds. The van der Waals surface area contributed by atoms with E-state index in [9.17, 15) is 19.2 Å². The molecule has 5 rings (SSSR count). The van der Waals surface area contributed by atoms with Crippen LogP contribution in [-0.2, 0) is 9.59 Å². The van der Waals surface area contributed by atoms with Crippen LogP contribution in [-0.4, -0.2) is 40.1 Å². The van der Waals surface area contributed by atoms with Gasteiger partial charge in [0.15, 0.2) is 5.78 Å². The molecular weight excluding hydrogens is 463 g/mol. The van der Waals surface area contributed by atoms with Gasteiger partial charge in [-0.2, -0.15) is 5.01 Å². The Bertz CT molecular complexity index is 1150. The lowest BCUT2D eigenvalue weighted by Gasteiger charge is -2.31. The number of fused-ring (bicyclic) bond motifs is 5. The van der Waals surface area contributed by atoms with Crippen LogP contribution in [0.25, 0.3) is 0 Å². The molecule has 33 heavy (non-hydrogen) atoms. The Kier molecular flexibility index (Phi) is 5.53. The largest absolute Gasteiger partial charge is 0.292 e. The maximum atomic E-state index is 13.5. The van der Waals surface area contributed by atoms with Gasteiger partial charge in [0.25, 0.3) is 17.7 Å². The molecule has 2 saturated carbocycles. The number of imide groups is 1. The van der Waals surface area contributed by atoms with Gasteiger partial charge in [0.1, 0.15) is 6.54 Å². The van der Waals surface area contributed by atoms with Crippen LogP contribution in [0.4, 0.5) is 0 Å². The average Bonchev–Trinajstić information content (AvgIpc) is 3.48. The number of hydrogen-bond donors (Lipinski definition) is 0. The third kappa shape index (κ3) is 3.65. The second-order valence-electron chi connectivity index (χ2n) is 9.15. The maximum Gasteiger partial charge on any atom is 0.273 e. The highest BCUT2D eigenvalue weighted by Gasteiger charge is 2.62. The molecule has 4 atom stereocenters. The first-order chi connectivity index (χ1) is 15.8. The molecule has 0 spiro atoms. The number of halogens is 2. The van der Waals surface area contributed by atoms with Crippen LogP contribution in [0, 0.1) is 30.6 Å². The Balaban J connectivity index is 1.51. The summed E-state index contributed by atoms with van der Waals surface area (Å²) in [6.45, 7) is 1.47. The number of carbonyl (C=O) groups is 4. The van der Waals surface area contributed by atoms with Crippen molar-refractivity contribution in [1.82, 2.24) is 10.0 Å². The summed E-state index contributed by atoms with van der Waals surface area (Å²) in [4.78, 5) is 53.4. The number of hydrazine groups is 1. The Morgan fingerprint density at radius 2 is 1.48 bits per heavy atom. The number of amides is 3. The summed E-state index contributed by atoms with van der Waals surface area (Å²) in [5, 5.41) is 2.36. The fourth-order valence-corrected chi connectivity index (χ4v) is 5.91. The highest BCUT2D eigenvalue weighted by Crippen LogP contribution is 2.56. The van der Waals surface area contributed by atoms with Crippen molar-refractivity contribution in [2.45, 2.75) is 26.2 Å². The van der Waals surface area contributed by atoms with E-state index in [2.05, 4.69) is 0 Å². The smallest absolute Gasteiger partial charge is 0.273 e. The van der Waals surface area contributed by atoms with Gasteiger partial charge in [0, 0.05) is 11.1 Å². The van der Waals surface area contributed by atoms with Gasteiger partial charge in [-0.3, -0.25) is 19.2 Å². The molecule has 3 aliphatic rings. The van der Waals surface area contributed by atoms with E-state index in [4.69, 9.17) is 23.2 Å². The second kappa shape index (κ2) is 8.26. The number of rotatable bonds is 5. The quantitative estimate of drug-likeness (QED) is 0.459. The number of ketones is 1. The number of aryl methyl sites for hydroxylation is 1. The van der Waals surface area contributed by atoms with Crippen LogP contribution in [0.2, 0.25) is 10.0 Å². The van der Waals surface area contributed by atoms with Gasteiger partial charge in [-0.05, 0) is 56.2 Å². The Hall–Kier alpha value is -2.70. The Morgan fingerprint density at radius 1 is 0.909 bits per heavy atom. The van der Waals surface area contributed by atoms with Crippen LogP contribution in [0.5, 0.6) is 0 Å². The van der Waals surface area contributed by atoms with Crippen molar-refractivity contribution in [3.8, 4) is 0 Å². The molecule has 8 heteroatoms. The van der Waals surface area contributed by atoms with Gasteiger partial charge in [0.05, 0.1) is 21.9 Å². The topological polar surface area (TPSA) is 74.8 Å². The van der Waals surface area contributed by atoms with Gasteiger partial charge in [-0.15, -0.1) is 0 Å². The summed E-state index contributed by atoms with van der Waals surface area (Å²) in [7, 11) is 0. The van der Waals surface area contributed by atoms with E-state index >= 15 is 0 Å². The zero-order valence-corrected chi connectivity index (χ0v) is 19.5. The third-order valence-electron chi connectivity index (χ3n) is 7.21. The summed E-state index contributed by atoms with van der Waals surface area (Å²) in [6.07, 6.45) is 2.72. The highest BCUT2D eigenvalue weighted by atomic mass is 35.5. The molecule has 170 valence electrons. The molecule has 0 N–H and O–H groups in total. The van der Waals surface area contributed by atoms with E-state index in [0.717, 1.165) is 34.8 Å². The van der Waals surface area contributed by atoms with E-state index in [0.29, 0.717) is 5.56 Å². The number of Topliss-reactive ketones (excluding diaryl/α,β-unsaturated/α-hetero) is 1. The second-order valence-corrected chi connectivity index (χ2v) is 9.97. The minimum atomic E-state index is -0.650. The Morgan fingerprint density at radius 3 is 2.06 bits per heavy atom. The SMILES string of the molecule is Cc1ccc(C(=O)CN(C(=O)c2ccc(Cl)c(Cl)c2)N2C(=O)[C@@H]3[C@H]4CC[C@@H](C4)[C@H]3C2=O)cc1. The highest BCUT2D eigenvalue weighted by molar-refractivity contribution is 6.42. The van der Waals surface area contributed by atoms with E-state index in [-0.39, 0.29) is 45.0 Å². The van der Waals surface area contributed by atoms with E-state index in [1.54, 1.807) is 24.3 Å². The minimum absolute atomic E-state index is 0.140. The van der Waals surface area contributed by atoms with Crippen molar-refractivity contribution in [1.29, 1.82) is 0 Å². The molecule has 6 nitrogen and oxygen atoms in total. The normalized spacial score (nSPS) is 25.5. The van der Waals surface area contributed by atoms with Crippen molar-refractivity contribution in [3.05, 3.63) is 69.2 Å². The molecule has 2 aliphatic carbocycles. The number of benzene rings is 2. The van der Waals surface area contributed by atoms with Gasteiger partial charge in [-0.25, -0.2) is 5.01 Å². The lowest BCUT2D eigenvalue weighted by atomic mass is 9.81. The molecule has 2 aromatic carbocycles. The molecule has 2 aromatic rings. The molecule has 1 aliphatic heterocycles. The maximum absolute atomic E-state index is 13.5. The first-order valence-electron chi connectivity index (χ1n) is 11.0. The lowest BCUT2D eigenvalue weighted by molar-refractivity contribution is -0.154. The lowest BCUT2D eigenvalue weighted by Crippen LogP contribution is -2.52. The number of hydrogen-bond acceptors (Lipinski definition) is 4. The van der Waals surface area contributed by atoms with E-state index in [1.807, 2.05) is 6.92 Å². The standard InChI is InChI=1S/C25H22Cl2N2O4/c1-13-2-4-14(5-3-13)20(30)12-28(23(31)17-8-9-18(26)19(27)11-17)29-24(32)21-15-6-7-16(10-15)22(21)25(29)33/h2-5,8-9,11,15-16,21-22H,6-7,10,12H2,1H3/t15-,16-,21+,22+/m0/s1. The molecule has 0 radical (unpaired) electrons. The van der Waals surface area contributed by atoms with Crippen LogP contribution >= 0.6 is 23.2 Å². The molecule has 1 saturated heterocycles. The third-order valence-corrected chi connectivity index (χ3v) is 7.95. The summed E-state index contributed by atoms with van der Waals surface area (Å²) >= 11 is 12.1. The number of nitrogens with zero attached hydrogens (tertiary/aromatic N) is 2. The Labute approximate surface area is 201 Å². The zero-order chi connectivity index (χ0) is 23.4. The predicted octanol–water partition coefficient (Wildman–Crippen LogP) is 4.57. The summed E-state index contributed by atoms with van der Waals surface area (Å²) < 4.78 is 0. The van der Waals surface area contributed by atoms with Crippen LogP contribution < -0.4 is 0 Å². The minimum Gasteiger partial charge on any atom is -0.292 e. The average molecular weight is 485 g/mol. The number of carbonyl (C=O) groups excluding carboxylic acids is 4. The van der Waals surface area contributed by atoms with Crippen molar-refractivity contribution < 1.29 is 19.2 Å². The molecule has 0 unspecified atom stereocenters. The van der Waals surface area contributed by atoms with Crippen molar-refractivity contribution in [2.75, 3.05) is 6.54 Å². The summed E-state index contributed by atoms with van der Waals surface area (Å²) in [6, 6.07) is 11.3. The molecule has 1 heterocycles. The van der Waals surface area contributed by atoms with Gasteiger partial charge >= 0.3 is 0 Å². The monoisotopic (exact) mass is 484 g/mol. The molecular formula is C25H22Cl2N2O4.